The second-order valence-corrected chi connectivity index (χ2v) is 14.3. The van der Waals surface area contributed by atoms with E-state index in [9.17, 15) is 9.59 Å². The van der Waals surface area contributed by atoms with Crippen LogP contribution in [0.4, 0.5) is 0 Å². The number of phenolic OH excluding ortho intramolecular Hbond substituents is 1. The Morgan fingerprint density at radius 1 is 0.817 bits per heavy atom. The van der Waals surface area contributed by atoms with Crippen LogP contribution in [0.15, 0.2) is 70.5 Å². The molecule has 2 aliphatic rings. The molecule has 16 nitrogen and oxygen atoms in total. The smallest absolute Gasteiger partial charge is 1.00 e. The summed E-state index contributed by atoms with van der Waals surface area (Å²) in [6.07, 6.45) is 12.6. The van der Waals surface area contributed by atoms with Gasteiger partial charge in [-0.25, -0.2) is 19.0 Å². The van der Waals surface area contributed by atoms with Crippen molar-refractivity contribution in [1.82, 2.24) is 38.3 Å². The maximum atomic E-state index is 12.6. The maximum absolute atomic E-state index is 12.6. The van der Waals surface area contributed by atoms with Crippen molar-refractivity contribution in [3.05, 3.63) is 115 Å². The molecule has 0 saturated heterocycles. The quantitative estimate of drug-likeness (QED) is 0.0754. The number of halogens is 3. The Morgan fingerprint density at radius 3 is 1.58 bits per heavy atom. The number of aromatic hydroxyl groups is 1. The van der Waals surface area contributed by atoms with Gasteiger partial charge < -0.3 is 21.4 Å². The summed E-state index contributed by atoms with van der Waals surface area (Å²) in [5, 5.41) is 34.8. The first-order valence-electron chi connectivity index (χ1n) is 18.3. The predicted octanol–water partition coefficient (Wildman–Crippen LogP) is 0.273. The number of rotatable bonds is 7. The molecule has 8 rings (SSSR count). The molecule has 2 aliphatic carbocycles. The molecule has 1 N–H and O–H groups in total. The molecule has 60 heavy (non-hydrogen) atoms. The molecule has 2 fully saturated rings. The molecule has 0 bridgehead atoms. The standard InChI is InChI=1S/C18H19ClN4O2.C12H15ClN4O.C6H5ClO.C2H3N.CH2O3.2K.H/c1-22-16(11-25-14-8-6-13(19)7-9-14)21-23-15(18(22)24)10-20-17(23)12-4-2-3-5-12;1-16-10(6-13)15-17-9(12(16)18)7-14-11(17)8-4-2-3-5-8;7-5-1-3-6(8)4-2-5;1-2-3;2-1-4-3;;;/h6-10,12H,2-5,11H2,1H3;7-8H,2-6H2,1H3;1-4,8H;1H3;1,3H;;;/q;;;;;2*+1;-1/p-1. The van der Waals surface area contributed by atoms with Gasteiger partial charge in [-0.3, -0.25) is 23.5 Å². The van der Waals surface area contributed by atoms with Gasteiger partial charge in [-0.05, 0) is 74.2 Å². The van der Waals surface area contributed by atoms with Crippen LogP contribution in [0.3, 0.4) is 0 Å². The molecule has 6 aromatic rings. The van der Waals surface area contributed by atoms with E-state index in [1.807, 2.05) is 0 Å². The van der Waals surface area contributed by atoms with E-state index in [1.165, 1.54) is 41.7 Å². The summed E-state index contributed by atoms with van der Waals surface area (Å²) in [5.41, 5.74) is 0.853. The minimum Gasteiger partial charge on any atom is -1.00 e. The second-order valence-electron chi connectivity index (χ2n) is 13.1. The Kier molecular flexibility index (Phi) is 25.0. The Morgan fingerprint density at radius 2 is 1.20 bits per heavy atom. The SMILES string of the molecule is CC#N.Cn1c(CCl)nn2c(C3CCCC3)ncc2c1=O.Cn1c(COc2ccc(Cl)cc2)nn2c(C3CCCC3)ncc2c1=O.O=CO[O-].Oc1ccc(Cl)cc1.[H-].[K+].[K+]. The molecule has 0 radical (unpaired) electrons. The minimum absolute atomic E-state index is 0. The Hall–Kier alpha value is -2.20. The van der Waals surface area contributed by atoms with Crippen LogP contribution in [0.25, 0.3) is 11.0 Å². The van der Waals surface area contributed by atoms with Gasteiger partial charge in [0.05, 0.1) is 24.3 Å². The van der Waals surface area contributed by atoms with Crippen LogP contribution in [-0.4, -0.2) is 49.9 Å². The molecule has 21 heteroatoms. The fraction of sp³-hybridized carbons (Fsp3) is 0.385. The van der Waals surface area contributed by atoms with E-state index < -0.39 is 0 Å². The van der Waals surface area contributed by atoms with Crippen molar-refractivity contribution in [2.24, 2.45) is 14.1 Å². The van der Waals surface area contributed by atoms with E-state index in [1.54, 1.807) is 90.1 Å². The topological polar surface area (TPSA) is 207 Å². The molecule has 0 amide bonds. The Balaban J connectivity index is 0.000000452. The molecule has 2 aromatic carbocycles. The number of benzene rings is 2. The van der Waals surface area contributed by atoms with Crippen molar-refractivity contribution in [3.63, 3.8) is 0 Å². The van der Waals surface area contributed by atoms with Gasteiger partial charge >= 0.3 is 103 Å². The van der Waals surface area contributed by atoms with Gasteiger partial charge in [0.25, 0.3) is 17.6 Å². The first-order valence-corrected chi connectivity index (χ1v) is 19.6. The Bertz CT molecular complexity index is 2390. The summed E-state index contributed by atoms with van der Waals surface area (Å²) < 4.78 is 12.2. The van der Waals surface area contributed by atoms with Crippen molar-refractivity contribution < 1.29 is 129 Å². The Labute approximate surface area is 448 Å². The van der Waals surface area contributed by atoms with Gasteiger partial charge in [0.1, 0.15) is 35.6 Å². The van der Waals surface area contributed by atoms with Crippen LogP contribution in [0.2, 0.25) is 10.0 Å². The number of fused-ring (bicyclic) bond motifs is 2. The molecule has 310 valence electrons. The predicted molar refractivity (Wildman–Crippen MR) is 217 cm³/mol. The summed E-state index contributed by atoms with van der Waals surface area (Å²) in [5.74, 6) is 4.89. The van der Waals surface area contributed by atoms with Gasteiger partial charge in [-0.15, -0.1) is 16.7 Å². The number of aromatic nitrogens is 8. The van der Waals surface area contributed by atoms with Crippen LogP contribution in [0.5, 0.6) is 11.5 Å². The fourth-order valence-corrected chi connectivity index (χ4v) is 6.94. The van der Waals surface area contributed by atoms with Gasteiger partial charge in [-0.1, -0.05) is 48.9 Å². The molecule has 0 spiro atoms. The van der Waals surface area contributed by atoms with Crippen LogP contribution >= 0.6 is 34.8 Å². The number of ether oxygens (including phenoxy) is 1. The normalized spacial score (nSPS) is 13.0. The first kappa shape index (κ1) is 53.9. The molecule has 0 unspecified atom stereocenters. The van der Waals surface area contributed by atoms with Crippen molar-refractivity contribution in [1.29, 1.82) is 5.26 Å². The van der Waals surface area contributed by atoms with Crippen LogP contribution in [-0.2, 0) is 36.3 Å². The van der Waals surface area contributed by atoms with Crippen LogP contribution in [0.1, 0.15) is 94.9 Å². The van der Waals surface area contributed by atoms with Gasteiger partial charge in [0, 0.05) is 42.9 Å². The van der Waals surface area contributed by atoms with E-state index in [-0.39, 0.29) is 140 Å². The molecule has 0 atom stereocenters. The molecular weight excluding hydrogens is 891 g/mol. The van der Waals surface area contributed by atoms with E-state index >= 15 is 0 Å². The number of hydrogen-bond acceptors (Lipinski definition) is 12. The number of carbonyl (C=O) groups excluding carboxylic acids is 1. The number of phenols is 1. The zero-order valence-corrected chi connectivity index (χ0v) is 42.6. The summed E-state index contributed by atoms with van der Waals surface area (Å²) >= 11 is 17.2. The molecular formula is C39H44Cl3K2N9O7. The van der Waals surface area contributed by atoms with E-state index in [0.29, 0.717) is 50.3 Å². The number of nitriles is 1. The van der Waals surface area contributed by atoms with Crippen LogP contribution < -0.4 is 124 Å². The van der Waals surface area contributed by atoms with Gasteiger partial charge in [-0.2, -0.15) is 10.4 Å². The van der Waals surface area contributed by atoms with Gasteiger partial charge in [0.15, 0.2) is 16.9 Å². The summed E-state index contributed by atoms with van der Waals surface area (Å²) in [4.78, 5) is 44.9. The van der Waals surface area contributed by atoms with E-state index in [4.69, 9.17) is 60.0 Å². The summed E-state index contributed by atoms with van der Waals surface area (Å²) in [7, 11) is 3.40. The van der Waals surface area contributed by atoms with Crippen molar-refractivity contribution >= 4 is 52.3 Å². The average Bonchev–Trinajstić information content (AvgIpc) is 4.07. The summed E-state index contributed by atoms with van der Waals surface area (Å²) in [6, 6.07) is 15.2. The van der Waals surface area contributed by atoms with Gasteiger partial charge in [0.2, 0.25) is 0 Å². The largest absolute Gasteiger partial charge is 1.00 e. The third-order valence-electron chi connectivity index (χ3n) is 9.39. The first-order chi connectivity index (χ1) is 28.0. The third-order valence-corrected chi connectivity index (χ3v) is 10.1. The van der Waals surface area contributed by atoms with Crippen LogP contribution in [0, 0.1) is 11.3 Å². The number of nitrogens with zero attached hydrogens (tertiary/aromatic N) is 9. The zero-order valence-electron chi connectivity index (χ0n) is 35.1. The number of alkyl halides is 1. The maximum Gasteiger partial charge on any atom is 1.00 e. The average molecular weight is 935 g/mol. The molecule has 4 heterocycles. The number of hydrogen-bond donors (Lipinski definition) is 1. The molecule has 0 aliphatic heterocycles. The van der Waals surface area contributed by atoms with Crippen molar-refractivity contribution in [2.75, 3.05) is 0 Å². The fourth-order valence-electron chi connectivity index (χ4n) is 6.45. The van der Waals surface area contributed by atoms with E-state index in [0.717, 1.165) is 37.3 Å². The number of carbonyl (C=O) groups is 1. The van der Waals surface area contributed by atoms with Crippen molar-refractivity contribution in [2.45, 2.75) is 82.6 Å². The minimum atomic E-state index is -0.181. The molecule has 2 saturated carbocycles. The third kappa shape index (κ3) is 15.0. The number of imidazole rings is 2. The van der Waals surface area contributed by atoms with Crippen molar-refractivity contribution in [3.8, 4) is 17.6 Å². The molecule has 4 aromatic heterocycles. The second kappa shape index (κ2) is 27.8. The summed E-state index contributed by atoms with van der Waals surface area (Å²) in [6.45, 7) is 1.45. The monoisotopic (exact) mass is 933 g/mol. The van der Waals surface area contributed by atoms with E-state index in [2.05, 4.69) is 25.1 Å². The zero-order chi connectivity index (χ0) is 42.2.